The molecule has 92 valence electrons. The van der Waals surface area contributed by atoms with E-state index in [1.54, 1.807) is 0 Å². The van der Waals surface area contributed by atoms with Crippen molar-refractivity contribution < 1.29 is 19.0 Å². The van der Waals surface area contributed by atoms with Crippen LogP contribution in [-0.4, -0.2) is 30.3 Å². The Morgan fingerprint density at radius 1 is 1.53 bits per heavy atom. The van der Waals surface area contributed by atoms with Gasteiger partial charge in [0.2, 0.25) is 0 Å². The Hall–Kier alpha value is -1.62. The molecule has 4 nitrogen and oxygen atoms in total. The summed E-state index contributed by atoms with van der Waals surface area (Å²) in [6.45, 7) is 1.30. The van der Waals surface area contributed by atoms with Gasteiger partial charge in [-0.15, -0.1) is 0 Å². The molecule has 0 saturated carbocycles. The van der Waals surface area contributed by atoms with Crippen LogP contribution in [0.5, 0.6) is 0 Å². The monoisotopic (exact) mass is 239 g/mol. The molecule has 0 bridgehead atoms. The number of carboxylic acid groups (broad SMARTS) is 1. The van der Waals surface area contributed by atoms with E-state index in [1.165, 1.54) is 12.1 Å². The number of rotatable bonds is 3. The Balaban J connectivity index is 2.16. The first kappa shape index (κ1) is 11.9. The number of aromatic carboxylic acids is 1. The first-order valence-electron chi connectivity index (χ1n) is 5.54. The van der Waals surface area contributed by atoms with Crippen LogP contribution in [0.15, 0.2) is 18.2 Å². The van der Waals surface area contributed by atoms with Crippen molar-refractivity contribution in [1.29, 1.82) is 0 Å². The quantitative estimate of drug-likeness (QED) is 0.848. The van der Waals surface area contributed by atoms with Crippen molar-refractivity contribution >= 4 is 11.7 Å². The van der Waals surface area contributed by atoms with Crippen molar-refractivity contribution in [3.63, 3.8) is 0 Å². The Bertz CT molecular complexity index is 416. The summed E-state index contributed by atoms with van der Waals surface area (Å²) in [5.41, 5.74) is 0.393. The van der Waals surface area contributed by atoms with Crippen molar-refractivity contribution in [2.45, 2.75) is 18.9 Å². The van der Waals surface area contributed by atoms with Crippen LogP contribution in [0, 0.1) is 5.82 Å². The van der Waals surface area contributed by atoms with Gasteiger partial charge in [0.1, 0.15) is 5.82 Å². The molecular formula is C12H14FNO3. The zero-order chi connectivity index (χ0) is 12.3. The highest BCUT2D eigenvalue weighted by Crippen LogP contribution is 2.20. The summed E-state index contributed by atoms with van der Waals surface area (Å²) in [4.78, 5) is 11.0. The summed E-state index contributed by atoms with van der Waals surface area (Å²) in [6, 6.07) is 3.81. The van der Waals surface area contributed by atoms with Crippen molar-refractivity contribution in [3.8, 4) is 0 Å². The molecule has 0 amide bonds. The largest absolute Gasteiger partial charge is 0.478 e. The number of carboxylic acids is 1. The van der Waals surface area contributed by atoms with E-state index in [-0.39, 0.29) is 11.6 Å². The summed E-state index contributed by atoms with van der Waals surface area (Å²) in [7, 11) is 0. The van der Waals surface area contributed by atoms with Gasteiger partial charge >= 0.3 is 5.97 Å². The number of hydrogen-bond acceptors (Lipinski definition) is 3. The van der Waals surface area contributed by atoms with E-state index in [0.717, 1.165) is 25.5 Å². The molecule has 1 atom stereocenters. The number of nitrogens with one attached hydrogen (secondary N) is 1. The van der Waals surface area contributed by atoms with E-state index in [9.17, 15) is 9.18 Å². The van der Waals surface area contributed by atoms with Crippen LogP contribution in [0.4, 0.5) is 10.1 Å². The molecule has 0 aromatic heterocycles. The van der Waals surface area contributed by atoms with Gasteiger partial charge in [-0.05, 0) is 31.0 Å². The molecule has 2 N–H and O–H groups in total. The van der Waals surface area contributed by atoms with Crippen molar-refractivity contribution in [2.24, 2.45) is 0 Å². The van der Waals surface area contributed by atoms with Gasteiger partial charge in [-0.2, -0.15) is 0 Å². The lowest BCUT2D eigenvalue weighted by Crippen LogP contribution is -2.30. The van der Waals surface area contributed by atoms with Gasteiger partial charge in [0.15, 0.2) is 0 Å². The smallest absolute Gasteiger partial charge is 0.337 e. The van der Waals surface area contributed by atoms with Crippen LogP contribution in [0.3, 0.4) is 0 Å². The number of ether oxygens (including phenoxy) is 1. The lowest BCUT2D eigenvalue weighted by atomic mass is 10.1. The SMILES string of the molecule is O=C(O)c1cc(F)ccc1NC1CCCOC1. The molecule has 0 aliphatic carbocycles. The van der Waals surface area contributed by atoms with Crippen LogP contribution in [-0.2, 0) is 4.74 Å². The Labute approximate surface area is 98.4 Å². The molecule has 0 radical (unpaired) electrons. The molecule has 1 saturated heterocycles. The fraction of sp³-hybridized carbons (Fsp3) is 0.417. The minimum absolute atomic E-state index is 0.0458. The number of carbonyl (C=O) groups is 1. The predicted molar refractivity (Wildman–Crippen MR) is 60.8 cm³/mol. The summed E-state index contributed by atoms with van der Waals surface area (Å²) < 4.78 is 18.3. The van der Waals surface area contributed by atoms with Crippen LogP contribution in [0.1, 0.15) is 23.2 Å². The van der Waals surface area contributed by atoms with Gasteiger partial charge in [0.25, 0.3) is 0 Å². The summed E-state index contributed by atoms with van der Waals surface area (Å²) in [5, 5.41) is 12.1. The molecule has 1 aromatic rings. The highest BCUT2D eigenvalue weighted by Gasteiger charge is 2.17. The maximum Gasteiger partial charge on any atom is 0.337 e. The average Bonchev–Trinajstić information content (AvgIpc) is 2.32. The van der Waals surface area contributed by atoms with Gasteiger partial charge in [0.05, 0.1) is 12.2 Å². The zero-order valence-electron chi connectivity index (χ0n) is 9.28. The van der Waals surface area contributed by atoms with E-state index in [4.69, 9.17) is 9.84 Å². The molecule has 2 rings (SSSR count). The predicted octanol–water partition coefficient (Wildman–Crippen LogP) is 2.11. The van der Waals surface area contributed by atoms with Gasteiger partial charge in [0, 0.05) is 18.3 Å². The molecule has 1 aliphatic rings. The van der Waals surface area contributed by atoms with Crippen LogP contribution in [0.25, 0.3) is 0 Å². The lowest BCUT2D eigenvalue weighted by molar-refractivity contribution is 0.0696. The van der Waals surface area contributed by atoms with E-state index < -0.39 is 11.8 Å². The van der Waals surface area contributed by atoms with E-state index >= 15 is 0 Å². The summed E-state index contributed by atoms with van der Waals surface area (Å²) >= 11 is 0. The third kappa shape index (κ3) is 2.94. The molecule has 5 heteroatoms. The third-order valence-corrected chi connectivity index (χ3v) is 2.73. The normalized spacial score (nSPS) is 19.9. The highest BCUT2D eigenvalue weighted by atomic mass is 19.1. The first-order chi connectivity index (χ1) is 8.16. The first-order valence-corrected chi connectivity index (χ1v) is 5.54. The fourth-order valence-corrected chi connectivity index (χ4v) is 1.89. The average molecular weight is 239 g/mol. The minimum atomic E-state index is -1.14. The maximum atomic E-state index is 13.0. The van der Waals surface area contributed by atoms with Crippen LogP contribution >= 0.6 is 0 Å². The molecular weight excluding hydrogens is 225 g/mol. The second-order valence-corrected chi connectivity index (χ2v) is 4.05. The molecule has 0 spiro atoms. The molecule has 17 heavy (non-hydrogen) atoms. The van der Waals surface area contributed by atoms with Gasteiger partial charge in [-0.1, -0.05) is 0 Å². The topological polar surface area (TPSA) is 58.6 Å². The zero-order valence-corrected chi connectivity index (χ0v) is 9.28. The highest BCUT2D eigenvalue weighted by molar-refractivity contribution is 5.94. The van der Waals surface area contributed by atoms with Gasteiger partial charge < -0.3 is 15.2 Å². The van der Waals surface area contributed by atoms with E-state index in [1.807, 2.05) is 0 Å². The second kappa shape index (κ2) is 5.14. The Morgan fingerprint density at radius 3 is 3.00 bits per heavy atom. The molecule has 1 unspecified atom stereocenters. The Morgan fingerprint density at radius 2 is 2.35 bits per heavy atom. The van der Waals surface area contributed by atoms with Crippen LogP contribution in [0.2, 0.25) is 0 Å². The second-order valence-electron chi connectivity index (χ2n) is 4.05. The summed E-state index contributed by atoms with van der Waals surface area (Å²) in [6.07, 6.45) is 1.87. The molecule has 1 aromatic carbocycles. The third-order valence-electron chi connectivity index (χ3n) is 2.73. The van der Waals surface area contributed by atoms with Crippen molar-refractivity contribution in [3.05, 3.63) is 29.6 Å². The standard InChI is InChI=1S/C12H14FNO3/c13-8-3-4-11(10(6-8)12(15)16)14-9-2-1-5-17-7-9/h3-4,6,9,14H,1-2,5,7H2,(H,15,16). The molecule has 1 heterocycles. The van der Waals surface area contributed by atoms with Gasteiger partial charge in [-0.25, -0.2) is 9.18 Å². The fourth-order valence-electron chi connectivity index (χ4n) is 1.89. The molecule has 1 aliphatic heterocycles. The number of hydrogen-bond donors (Lipinski definition) is 2. The Kier molecular flexibility index (Phi) is 3.58. The number of anilines is 1. The number of benzene rings is 1. The van der Waals surface area contributed by atoms with E-state index in [0.29, 0.717) is 12.3 Å². The van der Waals surface area contributed by atoms with E-state index in [2.05, 4.69) is 5.32 Å². The molecule has 1 fully saturated rings. The van der Waals surface area contributed by atoms with Crippen molar-refractivity contribution in [1.82, 2.24) is 0 Å². The van der Waals surface area contributed by atoms with Gasteiger partial charge in [-0.3, -0.25) is 0 Å². The maximum absolute atomic E-state index is 13.0. The lowest BCUT2D eigenvalue weighted by Gasteiger charge is -2.24. The summed E-state index contributed by atoms with van der Waals surface area (Å²) in [5.74, 6) is -1.68. The van der Waals surface area contributed by atoms with Crippen molar-refractivity contribution in [2.75, 3.05) is 18.5 Å². The van der Waals surface area contributed by atoms with Crippen LogP contribution < -0.4 is 5.32 Å². The minimum Gasteiger partial charge on any atom is -0.478 e. The number of halogens is 1.